The van der Waals surface area contributed by atoms with E-state index in [4.69, 9.17) is 23.2 Å². The lowest BCUT2D eigenvalue weighted by molar-refractivity contribution is -0.140. The van der Waals surface area contributed by atoms with E-state index in [-0.39, 0.29) is 37.7 Å². The number of rotatable bonds is 11. The van der Waals surface area contributed by atoms with Crippen LogP contribution in [0.3, 0.4) is 0 Å². The van der Waals surface area contributed by atoms with Gasteiger partial charge in [0.2, 0.25) is 21.8 Å². The minimum Gasteiger partial charge on any atom is -0.357 e. The third kappa shape index (κ3) is 7.35. The highest BCUT2D eigenvalue weighted by molar-refractivity contribution is 7.92. The average molecular weight is 529 g/mol. The Morgan fingerprint density at radius 3 is 2.15 bits per heavy atom. The van der Waals surface area contributed by atoms with Crippen LogP contribution in [0.5, 0.6) is 0 Å². The van der Waals surface area contributed by atoms with Gasteiger partial charge in [0.05, 0.1) is 11.9 Å². The summed E-state index contributed by atoms with van der Waals surface area (Å²) in [4.78, 5) is 26.9. The predicted octanol–water partition coefficient (Wildman–Crippen LogP) is 4.27. The SMILES string of the molecule is CCc1ccc(N(CCCC(=O)N(Cc2c(Cl)cccc2Cl)[C@H](C)C(=O)NC)S(C)(=O)=O)cc1. The van der Waals surface area contributed by atoms with E-state index in [1.165, 1.54) is 16.3 Å². The first-order valence-electron chi connectivity index (χ1n) is 11.0. The van der Waals surface area contributed by atoms with Gasteiger partial charge in [-0.15, -0.1) is 0 Å². The predicted molar refractivity (Wildman–Crippen MR) is 138 cm³/mol. The van der Waals surface area contributed by atoms with Crippen LogP contribution in [0.15, 0.2) is 42.5 Å². The van der Waals surface area contributed by atoms with Crippen molar-refractivity contribution in [2.24, 2.45) is 0 Å². The molecule has 2 aromatic carbocycles. The number of carbonyl (C=O) groups is 2. The van der Waals surface area contributed by atoms with Crippen LogP contribution in [-0.4, -0.2) is 51.0 Å². The second-order valence-corrected chi connectivity index (χ2v) is 10.7. The molecule has 186 valence electrons. The molecular weight excluding hydrogens is 497 g/mol. The number of halogens is 2. The molecule has 0 radical (unpaired) electrons. The van der Waals surface area contributed by atoms with Crippen LogP contribution in [-0.2, 0) is 32.6 Å². The molecule has 0 saturated heterocycles. The molecule has 0 aliphatic rings. The average Bonchev–Trinajstić information content (AvgIpc) is 2.80. The summed E-state index contributed by atoms with van der Waals surface area (Å²) in [5.74, 6) is -0.632. The molecule has 2 aromatic rings. The molecule has 0 aromatic heterocycles. The summed E-state index contributed by atoms with van der Waals surface area (Å²) in [5, 5.41) is 3.35. The Kier molecular flexibility index (Phi) is 10.2. The van der Waals surface area contributed by atoms with Gasteiger partial charge in [0.1, 0.15) is 6.04 Å². The van der Waals surface area contributed by atoms with Gasteiger partial charge >= 0.3 is 0 Å². The van der Waals surface area contributed by atoms with Gasteiger partial charge in [-0.2, -0.15) is 0 Å². The Morgan fingerprint density at radius 1 is 1.06 bits per heavy atom. The van der Waals surface area contributed by atoms with Crippen molar-refractivity contribution in [1.29, 1.82) is 0 Å². The summed E-state index contributed by atoms with van der Waals surface area (Å²) in [6.45, 7) is 3.83. The van der Waals surface area contributed by atoms with Crippen LogP contribution in [0.25, 0.3) is 0 Å². The quantitative estimate of drug-likeness (QED) is 0.472. The largest absolute Gasteiger partial charge is 0.357 e. The Morgan fingerprint density at radius 2 is 1.65 bits per heavy atom. The van der Waals surface area contributed by atoms with Gasteiger partial charge in [-0.25, -0.2) is 8.42 Å². The van der Waals surface area contributed by atoms with Crippen molar-refractivity contribution in [2.75, 3.05) is 24.2 Å². The Hall–Kier alpha value is -2.29. The second-order valence-electron chi connectivity index (χ2n) is 7.97. The third-order valence-electron chi connectivity index (χ3n) is 5.59. The van der Waals surface area contributed by atoms with Gasteiger partial charge < -0.3 is 10.2 Å². The molecular formula is C24H31Cl2N3O4S. The summed E-state index contributed by atoms with van der Waals surface area (Å²) >= 11 is 12.6. The van der Waals surface area contributed by atoms with Crippen molar-refractivity contribution in [3.63, 3.8) is 0 Å². The van der Waals surface area contributed by atoms with Crippen LogP contribution >= 0.6 is 23.2 Å². The van der Waals surface area contributed by atoms with Gasteiger partial charge in [-0.3, -0.25) is 13.9 Å². The van der Waals surface area contributed by atoms with Crippen molar-refractivity contribution in [3.05, 3.63) is 63.6 Å². The van der Waals surface area contributed by atoms with E-state index in [2.05, 4.69) is 5.32 Å². The first-order chi connectivity index (χ1) is 16.0. The molecule has 0 bridgehead atoms. The van der Waals surface area contributed by atoms with E-state index in [9.17, 15) is 18.0 Å². The fourth-order valence-corrected chi connectivity index (χ4v) is 5.03. The monoisotopic (exact) mass is 527 g/mol. The molecule has 0 aliphatic carbocycles. The van der Waals surface area contributed by atoms with Crippen LogP contribution in [0.4, 0.5) is 5.69 Å². The van der Waals surface area contributed by atoms with Gasteiger partial charge in [0.15, 0.2) is 0 Å². The summed E-state index contributed by atoms with van der Waals surface area (Å²) < 4.78 is 26.1. The maximum atomic E-state index is 13.2. The molecule has 0 fully saturated rings. The smallest absolute Gasteiger partial charge is 0.242 e. The topological polar surface area (TPSA) is 86.8 Å². The lowest BCUT2D eigenvalue weighted by Gasteiger charge is -2.29. The van der Waals surface area contributed by atoms with Crippen molar-refractivity contribution >= 4 is 50.7 Å². The number of sulfonamides is 1. The fraction of sp³-hybridized carbons (Fsp3) is 0.417. The summed E-state index contributed by atoms with van der Waals surface area (Å²) in [7, 11) is -2.04. The zero-order valence-corrected chi connectivity index (χ0v) is 22.2. The molecule has 10 heteroatoms. The number of benzene rings is 2. The molecule has 0 unspecified atom stereocenters. The van der Waals surface area contributed by atoms with Crippen molar-refractivity contribution in [1.82, 2.24) is 10.2 Å². The third-order valence-corrected chi connectivity index (χ3v) is 7.49. The molecule has 0 heterocycles. The Bertz CT molecular complexity index is 1090. The number of hydrogen-bond donors (Lipinski definition) is 1. The van der Waals surface area contributed by atoms with Gasteiger partial charge in [0, 0.05) is 42.2 Å². The maximum absolute atomic E-state index is 13.2. The lowest BCUT2D eigenvalue weighted by atomic mass is 10.1. The zero-order chi connectivity index (χ0) is 25.5. The molecule has 34 heavy (non-hydrogen) atoms. The molecule has 0 aliphatic heterocycles. The number of anilines is 1. The van der Waals surface area contributed by atoms with E-state index < -0.39 is 16.1 Å². The highest BCUT2D eigenvalue weighted by Crippen LogP contribution is 2.27. The van der Waals surface area contributed by atoms with Gasteiger partial charge in [-0.05, 0) is 49.6 Å². The number of carbonyl (C=O) groups excluding carboxylic acids is 2. The van der Waals surface area contributed by atoms with Crippen LogP contribution in [0, 0.1) is 0 Å². The van der Waals surface area contributed by atoms with Crippen LogP contribution in [0.2, 0.25) is 10.0 Å². The number of nitrogens with one attached hydrogen (secondary N) is 1. The van der Waals surface area contributed by atoms with E-state index in [0.717, 1.165) is 18.2 Å². The molecule has 2 amide bonds. The second kappa shape index (κ2) is 12.4. The summed E-state index contributed by atoms with van der Waals surface area (Å²) in [6.07, 6.45) is 2.31. The van der Waals surface area contributed by atoms with Crippen LogP contribution < -0.4 is 9.62 Å². The lowest BCUT2D eigenvalue weighted by Crippen LogP contribution is -2.47. The number of amides is 2. The number of aryl methyl sites for hydroxylation is 1. The molecule has 1 atom stereocenters. The number of nitrogens with zero attached hydrogens (tertiary/aromatic N) is 2. The fourth-order valence-electron chi connectivity index (χ4n) is 3.55. The Labute approximate surface area is 212 Å². The highest BCUT2D eigenvalue weighted by Gasteiger charge is 2.27. The molecule has 0 spiro atoms. The normalized spacial score (nSPS) is 12.2. The minimum atomic E-state index is -3.54. The maximum Gasteiger partial charge on any atom is 0.242 e. The van der Waals surface area contributed by atoms with Crippen molar-refractivity contribution in [3.8, 4) is 0 Å². The Balaban J connectivity index is 2.19. The van der Waals surface area contributed by atoms with Gasteiger partial charge in [0.25, 0.3) is 0 Å². The van der Waals surface area contributed by atoms with Crippen molar-refractivity contribution < 1.29 is 18.0 Å². The van der Waals surface area contributed by atoms with Gasteiger partial charge in [-0.1, -0.05) is 48.3 Å². The first kappa shape index (κ1) is 28.0. The van der Waals surface area contributed by atoms with E-state index in [1.54, 1.807) is 37.3 Å². The number of hydrogen-bond acceptors (Lipinski definition) is 4. The minimum absolute atomic E-state index is 0.0441. The van der Waals surface area contributed by atoms with Crippen molar-refractivity contribution in [2.45, 2.75) is 45.7 Å². The van der Waals surface area contributed by atoms with E-state index in [1.807, 2.05) is 19.1 Å². The molecule has 2 rings (SSSR count). The summed E-state index contributed by atoms with van der Waals surface area (Å²) in [5.41, 5.74) is 2.19. The van der Waals surface area contributed by atoms with Crippen LogP contribution in [0.1, 0.15) is 37.8 Å². The first-order valence-corrected chi connectivity index (χ1v) is 13.6. The molecule has 7 nitrogen and oxygen atoms in total. The summed E-state index contributed by atoms with van der Waals surface area (Å²) in [6, 6.07) is 11.6. The standard InChI is InChI=1S/C24H31Cl2N3O4S/c1-5-18-11-13-19(14-12-18)29(34(4,32)33)15-7-10-23(30)28(17(2)24(31)27-3)16-20-21(25)8-6-9-22(20)26/h6,8-9,11-14,17H,5,7,10,15-16H2,1-4H3,(H,27,31)/t17-/m1/s1. The number of likely N-dealkylation sites (N-methyl/N-ethyl adjacent to an activating group) is 1. The van der Waals surface area contributed by atoms with E-state index >= 15 is 0 Å². The molecule has 0 saturated carbocycles. The highest BCUT2D eigenvalue weighted by atomic mass is 35.5. The zero-order valence-electron chi connectivity index (χ0n) is 19.8. The van der Waals surface area contributed by atoms with E-state index in [0.29, 0.717) is 21.3 Å². The molecule has 1 N–H and O–H groups in total.